The molecule has 190 valence electrons. The summed E-state index contributed by atoms with van der Waals surface area (Å²) in [6.45, 7) is 7.22. The van der Waals surface area contributed by atoms with Crippen LogP contribution in [0.15, 0.2) is 72.8 Å². The molecule has 1 heterocycles. The van der Waals surface area contributed by atoms with E-state index in [-0.39, 0.29) is 0 Å². The molecule has 1 N–H and O–H groups in total. The number of hydrogen-bond donors (Lipinski definition) is 1. The summed E-state index contributed by atoms with van der Waals surface area (Å²) in [5.74, 6) is 1.18. The SMILES string of the molecule is CCCCOC1c2cc(NCc3ccc(OC)cc3)ccc2OC(C)(C)C1OC(=O)c1ccccc1. The van der Waals surface area contributed by atoms with E-state index < -0.39 is 23.8 Å². The standard InChI is InChI=1S/C30H35NO5/c1-5-6-18-34-27-25-19-23(31-20-21-12-15-24(33-4)16-13-21)14-17-26(25)36-30(2,3)28(27)35-29(32)22-10-8-7-9-11-22/h7-17,19,27-28,31H,5-6,18,20H2,1-4H3. The maximum absolute atomic E-state index is 13.0. The normalized spacial score (nSPS) is 18.0. The zero-order valence-electron chi connectivity index (χ0n) is 21.5. The van der Waals surface area contributed by atoms with Crippen molar-refractivity contribution in [3.05, 3.63) is 89.5 Å². The highest BCUT2D eigenvalue weighted by Crippen LogP contribution is 2.44. The minimum Gasteiger partial charge on any atom is -0.497 e. The lowest BCUT2D eigenvalue weighted by Gasteiger charge is -2.43. The van der Waals surface area contributed by atoms with E-state index in [1.807, 2.05) is 74.5 Å². The van der Waals surface area contributed by atoms with E-state index in [2.05, 4.69) is 12.2 Å². The van der Waals surface area contributed by atoms with E-state index >= 15 is 0 Å². The maximum atomic E-state index is 13.0. The largest absolute Gasteiger partial charge is 0.497 e. The van der Waals surface area contributed by atoms with Gasteiger partial charge in [0.2, 0.25) is 0 Å². The predicted molar refractivity (Wildman–Crippen MR) is 141 cm³/mol. The van der Waals surface area contributed by atoms with Crippen LogP contribution < -0.4 is 14.8 Å². The number of methoxy groups -OCH3 is 1. The molecule has 0 spiro atoms. The molecular formula is C30H35NO5. The summed E-state index contributed by atoms with van der Waals surface area (Å²) < 4.78 is 24.0. The van der Waals surface area contributed by atoms with Crippen LogP contribution in [-0.4, -0.2) is 31.4 Å². The Kier molecular flexibility index (Phi) is 8.16. The molecule has 3 aromatic rings. The van der Waals surface area contributed by atoms with Crippen LogP contribution in [0.5, 0.6) is 11.5 Å². The molecule has 0 amide bonds. The average Bonchev–Trinajstić information content (AvgIpc) is 2.89. The van der Waals surface area contributed by atoms with Crippen LogP contribution in [0, 0.1) is 0 Å². The van der Waals surface area contributed by atoms with Crippen molar-refractivity contribution in [2.45, 2.75) is 58.0 Å². The third-order valence-electron chi connectivity index (χ3n) is 6.34. The van der Waals surface area contributed by atoms with Gasteiger partial charge in [-0.3, -0.25) is 0 Å². The lowest BCUT2D eigenvalue weighted by atomic mass is 9.87. The van der Waals surface area contributed by atoms with Gasteiger partial charge in [-0.2, -0.15) is 0 Å². The van der Waals surface area contributed by atoms with Gasteiger partial charge in [0.15, 0.2) is 6.10 Å². The van der Waals surface area contributed by atoms with Crippen LogP contribution in [0.4, 0.5) is 5.69 Å². The Hall–Kier alpha value is -3.51. The molecule has 3 aromatic carbocycles. The predicted octanol–water partition coefficient (Wildman–Crippen LogP) is 6.56. The number of unbranched alkanes of at least 4 members (excludes halogenated alkanes) is 1. The molecule has 1 aliphatic rings. The Morgan fingerprint density at radius 1 is 1.03 bits per heavy atom. The van der Waals surface area contributed by atoms with Gasteiger partial charge in [-0.15, -0.1) is 0 Å². The third kappa shape index (κ3) is 6.00. The van der Waals surface area contributed by atoms with E-state index in [4.69, 9.17) is 18.9 Å². The number of nitrogens with one attached hydrogen (secondary N) is 1. The second kappa shape index (κ2) is 11.5. The second-order valence-corrected chi connectivity index (χ2v) is 9.50. The van der Waals surface area contributed by atoms with Crippen molar-refractivity contribution in [1.82, 2.24) is 0 Å². The number of anilines is 1. The Labute approximate surface area is 213 Å². The van der Waals surface area contributed by atoms with Gasteiger partial charge in [-0.05, 0) is 68.3 Å². The molecule has 36 heavy (non-hydrogen) atoms. The van der Waals surface area contributed by atoms with E-state index in [1.165, 1.54) is 0 Å². The smallest absolute Gasteiger partial charge is 0.338 e. The fourth-order valence-electron chi connectivity index (χ4n) is 4.28. The fraction of sp³-hybridized carbons (Fsp3) is 0.367. The molecule has 6 heteroatoms. The van der Waals surface area contributed by atoms with E-state index in [0.29, 0.717) is 18.7 Å². The molecule has 6 nitrogen and oxygen atoms in total. The second-order valence-electron chi connectivity index (χ2n) is 9.50. The number of benzene rings is 3. The van der Waals surface area contributed by atoms with Gasteiger partial charge in [0, 0.05) is 24.4 Å². The first-order valence-corrected chi connectivity index (χ1v) is 12.5. The van der Waals surface area contributed by atoms with Crippen molar-refractivity contribution < 1.29 is 23.7 Å². The molecule has 0 aliphatic carbocycles. The Balaban J connectivity index is 1.59. The molecule has 0 radical (unpaired) electrons. The molecule has 0 aromatic heterocycles. The number of fused-ring (bicyclic) bond motifs is 1. The minimum absolute atomic E-state index is 0.390. The lowest BCUT2D eigenvalue weighted by Crippen LogP contribution is -2.51. The highest BCUT2D eigenvalue weighted by Gasteiger charge is 2.47. The molecular weight excluding hydrogens is 454 g/mol. The summed E-state index contributed by atoms with van der Waals surface area (Å²) in [4.78, 5) is 13.0. The van der Waals surface area contributed by atoms with Gasteiger partial charge in [0.1, 0.15) is 23.2 Å². The van der Waals surface area contributed by atoms with Gasteiger partial charge >= 0.3 is 5.97 Å². The Bertz CT molecular complexity index is 1140. The van der Waals surface area contributed by atoms with Crippen molar-refractivity contribution in [3.8, 4) is 11.5 Å². The third-order valence-corrected chi connectivity index (χ3v) is 6.34. The highest BCUT2D eigenvalue weighted by atomic mass is 16.6. The van der Waals surface area contributed by atoms with Crippen molar-refractivity contribution in [3.63, 3.8) is 0 Å². The summed E-state index contributed by atoms with van der Waals surface area (Å²) in [5.41, 5.74) is 2.67. The van der Waals surface area contributed by atoms with Gasteiger partial charge < -0.3 is 24.3 Å². The number of carbonyl (C=O) groups excluding carboxylic acids is 1. The number of ether oxygens (including phenoxy) is 4. The van der Waals surface area contributed by atoms with Gasteiger partial charge in [-0.1, -0.05) is 43.7 Å². The molecule has 2 atom stereocenters. The monoisotopic (exact) mass is 489 g/mol. The molecule has 0 bridgehead atoms. The van der Waals surface area contributed by atoms with Crippen LogP contribution in [-0.2, 0) is 16.0 Å². The zero-order chi connectivity index (χ0) is 25.5. The van der Waals surface area contributed by atoms with Gasteiger partial charge in [0.25, 0.3) is 0 Å². The molecule has 0 saturated carbocycles. The molecule has 2 unspecified atom stereocenters. The van der Waals surface area contributed by atoms with Gasteiger partial charge in [0.05, 0.1) is 12.7 Å². The zero-order valence-corrected chi connectivity index (χ0v) is 21.5. The van der Waals surface area contributed by atoms with Crippen LogP contribution in [0.1, 0.15) is 61.2 Å². The first kappa shape index (κ1) is 25.6. The average molecular weight is 490 g/mol. The molecule has 0 saturated heterocycles. The topological polar surface area (TPSA) is 66.0 Å². The summed E-state index contributed by atoms with van der Waals surface area (Å²) >= 11 is 0. The number of esters is 1. The number of carbonyl (C=O) groups is 1. The van der Waals surface area contributed by atoms with E-state index in [0.717, 1.165) is 41.2 Å². The fourth-order valence-corrected chi connectivity index (χ4v) is 4.28. The van der Waals surface area contributed by atoms with E-state index in [9.17, 15) is 4.79 Å². The van der Waals surface area contributed by atoms with Crippen LogP contribution in [0.3, 0.4) is 0 Å². The van der Waals surface area contributed by atoms with Crippen molar-refractivity contribution in [1.29, 1.82) is 0 Å². The Morgan fingerprint density at radius 2 is 1.78 bits per heavy atom. The van der Waals surface area contributed by atoms with E-state index in [1.54, 1.807) is 19.2 Å². The van der Waals surface area contributed by atoms with Crippen molar-refractivity contribution in [2.24, 2.45) is 0 Å². The summed E-state index contributed by atoms with van der Waals surface area (Å²) in [7, 11) is 1.66. The van der Waals surface area contributed by atoms with Crippen molar-refractivity contribution in [2.75, 3.05) is 19.0 Å². The summed E-state index contributed by atoms with van der Waals surface area (Å²) in [5, 5.41) is 3.48. The Morgan fingerprint density at radius 3 is 2.47 bits per heavy atom. The molecule has 1 aliphatic heterocycles. The lowest BCUT2D eigenvalue weighted by molar-refractivity contribution is -0.140. The van der Waals surface area contributed by atoms with Crippen molar-refractivity contribution >= 4 is 11.7 Å². The molecule has 4 rings (SSSR count). The maximum Gasteiger partial charge on any atom is 0.338 e. The quantitative estimate of drug-likeness (QED) is 0.257. The minimum atomic E-state index is -0.771. The first-order valence-electron chi connectivity index (χ1n) is 12.5. The van der Waals surface area contributed by atoms with Crippen LogP contribution >= 0.6 is 0 Å². The number of hydrogen-bond acceptors (Lipinski definition) is 6. The molecule has 0 fully saturated rings. The first-order chi connectivity index (χ1) is 17.4. The number of rotatable bonds is 10. The van der Waals surface area contributed by atoms with Gasteiger partial charge in [-0.25, -0.2) is 4.79 Å². The summed E-state index contributed by atoms with van der Waals surface area (Å²) in [6.07, 6.45) is 0.858. The highest BCUT2D eigenvalue weighted by molar-refractivity contribution is 5.89. The summed E-state index contributed by atoms with van der Waals surface area (Å²) in [6, 6.07) is 23.0. The van der Waals surface area contributed by atoms with Crippen LogP contribution in [0.25, 0.3) is 0 Å². The van der Waals surface area contributed by atoms with Crippen LogP contribution in [0.2, 0.25) is 0 Å².